The quantitative estimate of drug-likeness (QED) is 0.756. The minimum Gasteiger partial charge on any atom is -0.358 e. The number of rotatable bonds is 2. The molecule has 1 amide bonds. The second kappa shape index (κ2) is 5.25. The number of para-hydroxylation sites is 1. The summed E-state index contributed by atoms with van der Waals surface area (Å²) in [5, 5.41) is 3.32. The molecule has 0 unspecified atom stereocenters. The number of carbonyl (C=O) groups is 1. The van der Waals surface area contributed by atoms with E-state index in [4.69, 9.17) is 0 Å². The van der Waals surface area contributed by atoms with E-state index in [1.165, 1.54) is 6.07 Å². The Kier molecular flexibility index (Phi) is 3.28. The van der Waals surface area contributed by atoms with Crippen LogP contribution in [0.4, 0.5) is 5.69 Å². The molecule has 2 aromatic carbocycles. The van der Waals surface area contributed by atoms with Crippen molar-refractivity contribution in [1.82, 2.24) is 4.98 Å². The molecule has 1 aromatic heterocycles. The lowest BCUT2D eigenvalue weighted by atomic mass is 10.1. The van der Waals surface area contributed by atoms with Gasteiger partial charge >= 0.3 is 0 Å². The topological polar surface area (TPSA) is 62.0 Å². The largest absolute Gasteiger partial charge is 0.358 e. The van der Waals surface area contributed by atoms with E-state index in [9.17, 15) is 9.59 Å². The standard InChI is InChI=1S/C17H14N2O2/c1-11-9-16(20)14-10-12(7-8-15(14)18-11)17(21)19-13-5-3-2-4-6-13/h2-10H,1H3,(H,18,20)(H,19,21). The fourth-order valence-corrected chi connectivity index (χ4v) is 2.25. The second-order valence-electron chi connectivity index (χ2n) is 4.90. The van der Waals surface area contributed by atoms with E-state index >= 15 is 0 Å². The number of hydrogen-bond donors (Lipinski definition) is 2. The number of aromatic nitrogens is 1. The molecule has 0 atom stereocenters. The van der Waals surface area contributed by atoms with E-state index in [1.54, 1.807) is 18.2 Å². The summed E-state index contributed by atoms with van der Waals surface area (Å²) in [4.78, 5) is 27.3. The number of aromatic amines is 1. The molecule has 0 radical (unpaired) electrons. The highest BCUT2D eigenvalue weighted by atomic mass is 16.1. The number of H-pyrrole nitrogens is 1. The van der Waals surface area contributed by atoms with Crippen molar-refractivity contribution in [1.29, 1.82) is 0 Å². The van der Waals surface area contributed by atoms with Crippen molar-refractivity contribution in [3.05, 3.63) is 76.1 Å². The molecular formula is C17H14N2O2. The molecule has 4 nitrogen and oxygen atoms in total. The predicted octanol–water partition coefficient (Wildman–Crippen LogP) is 3.09. The predicted molar refractivity (Wildman–Crippen MR) is 83.7 cm³/mol. The fourth-order valence-electron chi connectivity index (χ4n) is 2.25. The van der Waals surface area contributed by atoms with Crippen LogP contribution in [0.15, 0.2) is 59.4 Å². The minimum atomic E-state index is -0.233. The van der Waals surface area contributed by atoms with Gasteiger partial charge in [-0.2, -0.15) is 0 Å². The van der Waals surface area contributed by atoms with Crippen molar-refractivity contribution in [2.75, 3.05) is 5.32 Å². The summed E-state index contributed by atoms with van der Waals surface area (Å²) in [5.74, 6) is -0.233. The summed E-state index contributed by atoms with van der Waals surface area (Å²) in [7, 11) is 0. The van der Waals surface area contributed by atoms with Gasteiger partial charge in [-0.05, 0) is 37.3 Å². The molecule has 0 spiro atoms. The first-order chi connectivity index (χ1) is 10.1. The van der Waals surface area contributed by atoms with Crippen LogP contribution in [0.5, 0.6) is 0 Å². The number of pyridine rings is 1. The first-order valence-corrected chi connectivity index (χ1v) is 6.63. The molecule has 0 saturated heterocycles. The summed E-state index contributed by atoms with van der Waals surface area (Å²) in [6, 6.07) is 15.8. The van der Waals surface area contributed by atoms with E-state index in [0.717, 1.165) is 16.9 Å². The number of hydrogen-bond acceptors (Lipinski definition) is 2. The van der Waals surface area contributed by atoms with Gasteiger partial charge in [-0.15, -0.1) is 0 Å². The van der Waals surface area contributed by atoms with Gasteiger partial charge in [-0.1, -0.05) is 18.2 Å². The normalized spacial score (nSPS) is 10.5. The van der Waals surface area contributed by atoms with Gasteiger partial charge in [0.25, 0.3) is 5.91 Å². The van der Waals surface area contributed by atoms with Crippen molar-refractivity contribution in [2.45, 2.75) is 6.92 Å². The molecule has 104 valence electrons. The van der Waals surface area contributed by atoms with Gasteiger partial charge in [-0.3, -0.25) is 9.59 Å². The number of anilines is 1. The molecule has 4 heteroatoms. The van der Waals surface area contributed by atoms with Crippen LogP contribution in [0.25, 0.3) is 10.9 Å². The lowest BCUT2D eigenvalue weighted by Crippen LogP contribution is -2.13. The number of benzene rings is 2. The minimum absolute atomic E-state index is 0.0874. The molecule has 0 aliphatic carbocycles. The summed E-state index contributed by atoms with van der Waals surface area (Å²) >= 11 is 0. The highest BCUT2D eigenvalue weighted by molar-refractivity contribution is 6.06. The number of amides is 1. The summed E-state index contributed by atoms with van der Waals surface area (Å²) in [6.07, 6.45) is 0. The average Bonchev–Trinajstić information content (AvgIpc) is 2.47. The summed E-state index contributed by atoms with van der Waals surface area (Å²) < 4.78 is 0. The molecule has 3 rings (SSSR count). The van der Waals surface area contributed by atoms with Crippen LogP contribution in [0.3, 0.4) is 0 Å². The highest BCUT2D eigenvalue weighted by Crippen LogP contribution is 2.13. The van der Waals surface area contributed by atoms with Crippen molar-refractivity contribution in [2.24, 2.45) is 0 Å². The van der Waals surface area contributed by atoms with E-state index in [-0.39, 0.29) is 11.3 Å². The first kappa shape index (κ1) is 13.1. The van der Waals surface area contributed by atoms with Gasteiger partial charge in [0.05, 0.1) is 0 Å². The maximum atomic E-state index is 12.2. The zero-order valence-corrected chi connectivity index (χ0v) is 11.5. The molecule has 3 aromatic rings. The molecule has 0 saturated carbocycles. The Morgan fingerprint density at radius 2 is 1.81 bits per heavy atom. The van der Waals surface area contributed by atoms with Gasteiger partial charge in [0.1, 0.15) is 0 Å². The Morgan fingerprint density at radius 1 is 1.05 bits per heavy atom. The van der Waals surface area contributed by atoms with Crippen molar-refractivity contribution in [3.8, 4) is 0 Å². The smallest absolute Gasteiger partial charge is 0.255 e. The van der Waals surface area contributed by atoms with Gasteiger partial charge in [-0.25, -0.2) is 0 Å². The molecule has 0 aliphatic heterocycles. The van der Waals surface area contributed by atoms with Crippen LogP contribution in [-0.4, -0.2) is 10.9 Å². The zero-order valence-electron chi connectivity index (χ0n) is 11.5. The van der Waals surface area contributed by atoms with E-state index in [2.05, 4.69) is 10.3 Å². The molecular weight excluding hydrogens is 264 g/mol. The molecule has 21 heavy (non-hydrogen) atoms. The van der Waals surface area contributed by atoms with Crippen LogP contribution in [0.1, 0.15) is 16.1 Å². The lowest BCUT2D eigenvalue weighted by Gasteiger charge is -2.06. The maximum absolute atomic E-state index is 12.2. The molecule has 2 N–H and O–H groups in total. The zero-order chi connectivity index (χ0) is 14.8. The van der Waals surface area contributed by atoms with E-state index < -0.39 is 0 Å². The molecule has 1 heterocycles. The summed E-state index contributed by atoms with van der Waals surface area (Å²) in [5.41, 5.74) is 2.63. The summed E-state index contributed by atoms with van der Waals surface area (Å²) in [6.45, 7) is 1.83. The number of nitrogens with one attached hydrogen (secondary N) is 2. The van der Waals surface area contributed by atoms with Gasteiger partial charge in [0, 0.05) is 33.9 Å². The maximum Gasteiger partial charge on any atom is 0.255 e. The van der Waals surface area contributed by atoms with Crippen molar-refractivity contribution < 1.29 is 4.79 Å². The monoisotopic (exact) mass is 278 g/mol. The lowest BCUT2D eigenvalue weighted by molar-refractivity contribution is 0.102. The van der Waals surface area contributed by atoms with Gasteiger partial charge < -0.3 is 10.3 Å². The Balaban J connectivity index is 1.98. The van der Waals surface area contributed by atoms with Crippen LogP contribution >= 0.6 is 0 Å². The van der Waals surface area contributed by atoms with Crippen LogP contribution < -0.4 is 10.7 Å². The van der Waals surface area contributed by atoms with Crippen molar-refractivity contribution >= 4 is 22.5 Å². The van der Waals surface area contributed by atoms with Gasteiger partial charge in [0.15, 0.2) is 5.43 Å². The third kappa shape index (κ3) is 2.69. The SMILES string of the molecule is Cc1cc(=O)c2cc(C(=O)Nc3ccccc3)ccc2[nH]1. The fraction of sp³-hybridized carbons (Fsp3) is 0.0588. The Morgan fingerprint density at radius 3 is 2.57 bits per heavy atom. The first-order valence-electron chi connectivity index (χ1n) is 6.63. The highest BCUT2D eigenvalue weighted by Gasteiger charge is 2.08. The number of carbonyl (C=O) groups excluding carboxylic acids is 1. The van der Waals surface area contributed by atoms with Crippen molar-refractivity contribution in [3.63, 3.8) is 0 Å². The Hall–Kier alpha value is -2.88. The third-order valence-corrected chi connectivity index (χ3v) is 3.26. The Bertz CT molecular complexity index is 867. The second-order valence-corrected chi connectivity index (χ2v) is 4.90. The van der Waals surface area contributed by atoms with Crippen LogP contribution in [0, 0.1) is 6.92 Å². The Labute approximate surface area is 121 Å². The van der Waals surface area contributed by atoms with Crippen LogP contribution in [-0.2, 0) is 0 Å². The van der Waals surface area contributed by atoms with E-state index in [1.807, 2.05) is 37.3 Å². The van der Waals surface area contributed by atoms with Crippen LogP contribution in [0.2, 0.25) is 0 Å². The van der Waals surface area contributed by atoms with Gasteiger partial charge in [0.2, 0.25) is 0 Å². The third-order valence-electron chi connectivity index (χ3n) is 3.26. The number of fused-ring (bicyclic) bond motifs is 1. The number of aryl methyl sites for hydroxylation is 1. The molecule has 0 aliphatic rings. The van der Waals surface area contributed by atoms with E-state index in [0.29, 0.717) is 10.9 Å². The molecule has 0 fully saturated rings. The average molecular weight is 278 g/mol. The molecule has 0 bridgehead atoms.